The minimum atomic E-state index is -3.39. The highest BCUT2D eigenvalue weighted by Gasteiger charge is 2.13. The van der Waals surface area contributed by atoms with Crippen molar-refractivity contribution in [3.05, 3.63) is 64.7 Å². The third-order valence-corrected chi connectivity index (χ3v) is 4.49. The predicted octanol–water partition coefficient (Wildman–Crippen LogP) is 3.22. The molecule has 0 saturated carbocycles. The van der Waals surface area contributed by atoms with Gasteiger partial charge in [-0.15, -0.1) is 0 Å². The molecular weight excluding hydrogens is 362 g/mol. The Balaban J connectivity index is 2.30. The minimum Gasteiger partial charge on any atom is -0.378 e. The van der Waals surface area contributed by atoms with Gasteiger partial charge in [0.25, 0.3) is 0 Å². The summed E-state index contributed by atoms with van der Waals surface area (Å²) in [6.07, 6.45) is 2.62. The van der Waals surface area contributed by atoms with Gasteiger partial charge < -0.3 is 4.90 Å². The van der Waals surface area contributed by atoms with E-state index in [4.69, 9.17) is 0 Å². The van der Waals surface area contributed by atoms with E-state index < -0.39 is 15.8 Å². The number of sulfonamides is 1. The Labute approximate surface area is 159 Å². The van der Waals surface area contributed by atoms with Crippen LogP contribution in [0.4, 0.5) is 11.4 Å². The van der Waals surface area contributed by atoms with Gasteiger partial charge in [-0.25, -0.2) is 8.42 Å². The van der Waals surface area contributed by atoms with Crippen LogP contribution in [0.3, 0.4) is 0 Å². The molecule has 0 unspecified atom stereocenters. The van der Waals surface area contributed by atoms with E-state index in [9.17, 15) is 18.5 Å². The molecule has 0 aliphatic rings. The maximum Gasteiger partial charge on any atom is 0.229 e. The monoisotopic (exact) mass is 383 g/mol. The SMILES string of the molecule is Cc1cc(N(C)C)ccc1/C=C(\C#N)C(=O)c1ccc(NS(C)(=O)=O)cc1. The molecule has 0 spiro atoms. The van der Waals surface area contributed by atoms with Gasteiger partial charge in [0.05, 0.1) is 6.26 Å². The zero-order chi connectivity index (χ0) is 20.2. The largest absolute Gasteiger partial charge is 0.378 e. The zero-order valence-electron chi connectivity index (χ0n) is 15.6. The van der Waals surface area contributed by atoms with Crippen LogP contribution in [0.15, 0.2) is 48.0 Å². The van der Waals surface area contributed by atoms with Gasteiger partial charge in [0.15, 0.2) is 0 Å². The summed E-state index contributed by atoms with van der Waals surface area (Å²) >= 11 is 0. The Morgan fingerprint density at radius 1 is 1.15 bits per heavy atom. The summed E-state index contributed by atoms with van der Waals surface area (Å²) in [5, 5.41) is 9.42. The third-order valence-electron chi connectivity index (χ3n) is 3.89. The van der Waals surface area contributed by atoms with Crippen LogP contribution in [-0.2, 0) is 10.0 Å². The molecule has 140 valence electrons. The van der Waals surface area contributed by atoms with E-state index in [2.05, 4.69) is 4.72 Å². The Bertz CT molecular complexity index is 1030. The maximum absolute atomic E-state index is 12.6. The van der Waals surface area contributed by atoms with Gasteiger partial charge in [0, 0.05) is 31.0 Å². The van der Waals surface area contributed by atoms with Crippen molar-refractivity contribution in [1.82, 2.24) is 0 Å². The number of rotatable bonds is 6. The normalized spacial score (nSPS) is 11.6. The van der Waals surface area contributed by atoms with Gasteiger partial charge in [-0.1, -0.05) is 6.07 Å². The second-order valence-corrected chi connectivity index (χ2v) is 8.13. The molecule has 0 aromatic heterocycles. The molecule has 0 bridgehead atoms. The van der Waals surface area contributed by atoms with Crippen LogP contribution < -0.4 is 9.62 Å². The Kier molecular flexibility index (Phi) is 6.03. The maximum atomic E-state index is 12.6. The first kappa shape index (κ1) is 20.2. The molecule has 6 nitrogen and oxygen atoms in total. The van der Waals surface area contributed by atoms with Gasteiger partial charge in [-0.3, -0.25) is 9.52 Å². The fourth-order valence-electron chi connectivity index (χ4n) is 2.46. The number of benzene rings is 2. The Morgan fingerprint density at radius 2 is 1.78 bits per heavy atom. The van der Waals surface area contributed by atoms with E-state index in [0.717, 1.165) is 23.1 Å². The molecule has 0 aliphatic carbocycles. The van der Waals surface area contributed by atoms with Crippen LogP contribution in [0, 0.1) is 18.3 Å². The first-order chi connectivity index (χ1) is 12.6. The first-order valence-electron chi connectivity index (χ1n) is 8.13. The molecule has 2 rings (SSSR count). The number of carbonyl (C=O) groups is 1. The first-order valence-corrected chi connectivity index (χ1v) is 10.0. The highest BCUT2D eigenvalue weighted by atomic mass is 32.2. The van der Waals surface area contributed by atoms with Crippen LogP contribution in [0.1, 0.15) is 21.5 Å². The number of nitrogens with zero attached hydrogens (tertiary/aromatic N) is 2. The molecule has 0 atom stereocenters. The molecule has 0 saturated heterocycles. The van der Waals surface area contributed by atoms with Gasteiger partial charge in [0.2, 0.25) is 15.8 Å². The highest BCUT2D eigenvalue weighted by molar-refractivity contribution is 7.92. The van der Waals surface area contributed by atoms with Crippen molar-refractivity contribution in [3.8, 4) is 6.07 Å². The standard InChI is InChI=1S/C20H21N3O3S/c1-14-11-19(23(2)3)10-7-16(14)12-17(13-21)20(24)15-5-8-18(9-6-15)22-27(4,25)26/h5-12,22H,1-4H3/b17-12+. The number of hydrogen-bond donors (Lipinski definition) is 1. The predicted molar refractivity (Wildman–Crippen MR) is 108 cm³/mol. The molecule has 2 aromatic carbocycles. The number of nitriles is 1. The van der Waals surface area contributed by atoms with E-state index in [-0.39, 0.29) is 5.57 Å². The summed E-state index contributed by atoms with van der Waals surface area (Å²) in [5.74, 6) is -0.417. The van der Waals surface area contributed by atoms with E-state index in [1.807, 2.05) is 50.2 Å². The number of aryl methyl sites for hydroxylation is 1. The van der Waals surface area contributed by atoms with Crippen molar-refractivity contribution in [2.75, 3.05) is 30.0 Å². The second kappa shape index (κ2) is 8.06. The van der Waals surface area contributed by atoms with E-state index in [0.29, 0.717) is 11.3 Å². The van der Waals surface area contributed by atoms with Crippen LogP contribution in [0.5, 0.6) is 0 Å². The molecular formula is C20H21N3O3S. The van der Waals surface area contributed by atoms with Crippen LogP contribution in [-0.4, -0.2) is 34.6 Å². The molecule has 27 heavy (non-hydrogen) atoms. The summed E-state index contributed by atoms with van der Waals surface area (Å²) in [6.45, 7) is 1.92. The number of hydrogen-bond acceptors (Lipinski definition) is 5. The average molecular weight is 383 g/mol. The molecule has 0 fully saturated rings. The van der Waals surface area contributed by atoms with Crippen molar-refractivity contribution in [2.24, 2.45) is 0 Å². The zero-order valence-corrected chi connectivity index (χ0v) is 16.5. The lowest BCUT2D eigenvalue weighted by Gasteiger charge is -2.14. The number of carbonyl (C=O) groups excluding carboxylic acids is 1. The summed E-state index contributed by atoms with van der Waals surface area (Å²) < 4.78 is 24.8. The van der Waals surface area contributed by atoms with Crippen molar-refractivity contribution < 1.29 is 13.2 Å². The van der Waals surface area contributed by atoms with Crippen LogP contribution in [0.25, 0.3) is 6.08 Å². The third kappa shape index (κ3) is 5.43. The summed E-state index contributed by atoms with van der Waals surface area (Å²) in [4.78, 5) is 14.6. The number of Topliss-reactive ketones (excluding diaryl/α,β-unsaturated/α-hetero) is 1. The van der Waals surface area contributed by atoms with Crippen molar-refractivity contribution in [3.63, 3.8) is 0 Å². The minimum absolute atomic E-state index is 0.0134. The van der Waals surface area contributed by atoms with Crippen molar-refractivity contribution in [2.45, 2.75) is 6.92 Å². The quantitative estimate of drug-likeness (QED) is 0.470. The van der Waals surface area contributed by atoms with Crippen molar-refractivity contribution in [1.29, 1.82) is 5.26 Å². The number of nitrogens with one attached hydrogen (secondary N) is 1. The molecule has 1 N–H and O–H groups in total. The molecule has 0 radical (unpaired) electrons. The molecule has 2 aromatic rings. The fourth-order valence-corrected chi connectivity index (χ4v) is 3.03. The average Bonchev–Trinajstić information content (AvgIpc) is 2.59. The Hall–Kier alpha value is -3.11. The lowest BCUT2D eigenvalue weighted by atomic mass is 9.99. The molecule has 0 heterocycles. The van der Waals surface area contributed by atoms with Gasteiger partial charge in [-0.05, 0) is 60.5 Å². The van der Waals surface area contributed by atoms with Gasteiger partial charge in [-0.2, -0.15) is 5.26 Å². The molecule has 7 heteroatoms. The lowest BCUT2D eigenvalue weighted by molar-refractivity contribution is 0.104. The highest BCUT2D eigenvalue weighted by Crippen LogP contribution is 2.21. The number of allylic oxidation sites excluding steroid dienone is 1. The van der Waals surface area contributed by atoms with Crippen LogP contribution in [0.2, 0.25) is 0 Å². The van der Waals surface area contributed by atoms with E-state index in [1.54, 1.807) is 6.08 Å². The van der Waals surface area contributed by atoms with Crippen LogP contribution >= 0.6 is 0 Å². The number of anilines is 2. The summed E-state index contributed by atoms with van der Waals surface area (Å²) in [5.41, 5.74) is 3.45. The molecule has 0 amide bonds. The van der Waals surface area contributed by atoms with E-state index >= 15 is 0 Å². The van der Waals surface area contributed by atoms with Gasteiger partial charge >= 0.3 is 0 Å². The van der Waals surface area contributed by atoms with Gasteiger partial charge in [0.1, 0.15) is 11.6 Å². The second-order valence-electron chi connectivity index (χ2n) is 6.39. The smallest absolute Gasteiger partial charge is 0.229 e. The molecule has 0 aliphatic heterocycles. The number of ketones is 1. The Morgan fingerprint density at radius 3 is 2.26 bits per heavy atom. The fraction of sp³-hybridized carbons (Fsp3) is 0.200. The van der Waals surface area contributed by atoms with E-state index in [1.165, 1.54) is 24.3 Å². The summed E-state index contributed by atoms with van der Waals surface area (Å²) in [6, 6.07) is 13.7. The summed E-state index contributed by atoms with van der Waals surface area (Å²) in [7, 11) is 0.494. The topological polar surface area (TPSA) is 90.3 Å². The lowest BCUT2D eigenvalue weighted by Crippen LogP contribution is -2.10. The van der Waals surface area contributed by atoms with Crippen molar-refractivity contribution >= 4 is 33.3 Å².